The van der Waals surface area contributed by atoms with Crippen LogP contribution in [-0.4, -0.2) is 10.2 Å². The highest BCUT2D eigenvalue weighted by Gasteiger charge is 2.27. The van der Waals surface area contributed by atoms with Gasteiger partial charge in [0.15, 0.2) is 0 Å². The fraction of sp³-hybridized carbons (Fsp3) is 0.0952. The van der Waals surface area contributed by atoms with Crippen LogP contribution in [0, 0.1) is 18.3 Å². The van der Waals surface area contributed by atoms with Gasteiger partial charge >= 0.3 is 0 Å². The Balaban J connectivity index is 2.02. The van der Waals surface area contributed by atoms with Crippen LogP contribution in [0.2, 0.25) is 0 Å². The number of rotatable bonds is 2. The third-order valence-electron chi connectivity index (χ3n) is 4.65. The molecule has 0 saturated heterocycles. The Morgan fingerprint density at radius 1 is 1.00 bits per heavy atom. The van der Waals surface area contributed by atoms with Crippen molar-refractivity contribution in [1.82, 2.24) is 0 Å². The van der Waals surface area contributed by atoms with Crippen LogP contribution in [0.5, 0.6) is 11.5 Å². The summed E-state index contributed by atoms with van der Waals surface area (Å²) in [6.45, 7) is 1.99. The molecule has 0 unspecified atom stereocenters. The van der Waals surface area contributed by atoms with Gasteiger partial charge in [-0.3, -0.25) is 0 Å². The number of hydrogen-bond donors (Lipinski definition) is 2. The van der Waals surface area contributed by atoms with Crippen molar-refractivity contribution in [2.75, 3.05) is 0 Å². The fourth-order valence-electron chi connectivity index (χ4n) is 3.48. The number of fused-ring (bicyclic) bond motifs is 1. The summed E-state index contributed by atoms with van der Waals surface area (Å²) in [5.41, 5.74) is 7.86. The minimum atomic E-state index is 0.225. The van der Waals surface area contributed by atoms with Crippen LogP contribution >= 0.6 is 11.3 Å². The molecule has 1 aromatic heterocycles. The van der Waals surface area contributed by atoms with Crippen molar-refractivity contribution in [3.63, 3.8) is 0 Å². The predicted molar refractivity (Wildman–Crippen MR) is 99.6 cm³/mol. The normalized spacial score (nSPS) is 13.0. The Hall–Kier alpha value is -3.03. The molecule has 0 saturated carbocycles. The molecule has 3 aromatic rings. The van der Waals surface area contributed by atoms with Crippen LogP contribution in [0.3, 0.4) is 0 Å². The number of phenolic OH excluding ortho intramolecular Hbond substituents is 2. The molecular formula is C21H15NO2S. The maximum atomic E-state index is 10.1. The zero-order valence-corrected chi connectivity index (χ0v) is 14.4. The Bertz CT molecular complexity index is 1050. The highest BCUT2D eigenvalue weighted by Crippen LogP contribution is 2.46. The summed E-state index contributed by atoms with van der Waals surface area (Å²) in [6, 6.07) is 13.0. The molecule has 0 amide bonds. The lowest BCUT2D eigenvalue weighted by Crippen LogP contribution is -1.91. The van der Waals surface area contributed by atoms with Crippen molar-refractivity contribution in [2.45, 2.75) is 13.3 Å². The second kappa shape index (κ2) is 5.80. The Morgan fingerprint density at radius 2 is 1.76 bits per heavy atom. The molecule has 0 fully saturated rings. The quantitative estimate of drug-likeness (QED) is 0.697. The number of thiophene rings is 1. The van der Waals surface area contributed by atoms with Gasteiger partial charge < -0.3 is 10.2 Å². The lowest BCUT2D eigenvalue weighted by molar-refractivity contribution is 0.474. The third kappa shape index (κ3) is 2.50. The lowest BCUT2D eigenvalue weighted by atomic mass is 9.94. The molecule has 1 aliphatic carbocycles. The van der Waals surface area contributed by atoms with E-state index in [1.165, 1.54) is 16.9 Å². The van der Waals surface area contributed by atoms with Crippen LogP contribution in [0.4, 0.5) is 0 Å². The van der Waals surface area contributed by atoms with Crippen molar-refractivity contribution in [1.29, 1.82) is 5.26 Å². The van der Waals surface area contributed by atoms with Gasteiger partial charge in [-0.15, -0.1) is 0 Å². The fourth-order valence-corrected chi connectivity index (χ4v) is 4.24. The van der Waals surface area contributed by atoms with Crippen LogP contribution < -0.4 is 0 Å². The monoisotopic (exact) mass is 345 g/mol. The van der Waals surface area contributed by atoms with Crippen molar-refractivity contribution in [3.05, 3.63) is 80.5 Å². The van der Waals surface area contributed by atoms with Gasteiger partial charge in [-0.05, 0) is 76.4 Å². The second-order valence-corrected chi connectivity index (χ2v) is 6.92. The van der Waals surface area contributed by atoms with Crippen LogP contribution in [0.15, 0.2) is 47.2 Å². The van der Waals surface area contributed by atoms with Crippen LogP contribution in [-0.2, 0) is 6.42 Å². The number of nitrogens with zero attached hydrogens (tertiary/aromatic N) is 1. The van der Waals surface area contributed by atoms with Gasteiger partial charge in [0.25, 0.3) is 0 Å². The van der Waals surface area contributed by atoms with Gasteiger partial charge in [0.2, 0.25) is 0 Å². The minimum absolute atomic E-state index is 0.225. The summed E-state index contributed by atoms with van der Waals surface area (Å²) in [6.07, 6.45) is 0.738. The van der Waals surface area contributed by atoms with E-state index in [-0.39, 0.29) is 11.5 Å². The first-order valence-electron chi connectivity index (χ1n) is 7.90. The molecule has 122 valence electrons. The van der Waals surface area contributed by atoms with E-state index >= 15 is 0 Å². The molecule has 2 N–H and O–H groups in total. The van der Waals surface area contributed by atoms with Crippen molar-refractivity contribution < 1.29 is 10.2 Å². The van der Waals surface area contributed by atoms with Crippen molar-refractivity contribution in [2.24, 2.45) is 0 Å². The molecule has 3 nitrogen and oxygen atoms in total. The van der Waals surface area contributed by atoms with Crippen LogP contribution in [0.25, 0.3) is 11.1 Å². The van der Waals surface area contributed by atoms with E-state index in [0.29, 0.717) is 5.56 Å². The van der Waals surface area contributed by atoms with Gasteiger partial charge in [0.1, 0.15) is 17.6 Å². The first kappa shape index (κ1) is 15.5. The molecule has 2 aromatic carbocycles. The average Bonchev–Trinajstić information content (AvgIpc) is 3.19. The molecule has 0 radical (unpaired) electrons. The Kier molecular flexibility index (Phi) is 3.60. The summed E-state index contributed by atoms with van der Waals surface area (Å²) in [4.78, 5) is 0. The average molecular weight is 345 g/mol. The summed E-state index contributed by atoms with van der Waals surface area (Å²) in [5, 5.41) is 33.0. The third-order valence-corrected chi connectivity index (χ3v) is 5.39. The maximum absolute atomic E-state index is 10.1. The van der Waals surface area contributed by atoms with E-state index in [2.05, 4.69) is 6.07 Å². The van der Waals surface area contributed by atoms with Crippen LogP contribution in [0.1, 0.15) is 33.4 Å². The van der Waals surface area contributed by atoms with Crippen molar-refractivity contribution >= 4 is 22.5 Å². The largest absolute Gasteiger partial charge is 0.508 e. The van der Waals surface area contributed by atoms with E-state index in [4.69, 9.17) is 0 Å². The molecule has 4 heteroatoms. The SMILES string of the molecule is Cc1cc(O)cc2c1CC(c1ccc(O)cc1)=C2c1cscc1C#N. The van der Waals surface area contributed by atoms with Gasteiger partial charge in [0.05, 0.1) is 5.56 Å². The lowest BCUT2D eigenvalue weighted by Gasteiger charge is -2.10. The molecule has 4 rings (SSSR count). The van der Waals surface area contributed by atoms with Crippen molar-refractivity contribution in [3.8, 4) is 17.6 Å². The summed E-state index contributed by atoms with van der Waals surface area (Å²) >= 11 is 1.50. The number of benzene rings is 2. The summed E-state index contributed by atoms with van der Waals surface area (Å²) in [5.74, 6) is 0.456. The van der Waals surface area contributed by atoms with Gasteiger partial charge in [-0.1, -0.05) is 12.1 Å². The maximum Gasteiger partial charge on any atom is 0.116 e. The topological polar surface area (TPSA) is 64.2 Å². The first-order chi connectivity index (χ1) is 12.1. The van der Waals surface area contributed by atoms with E-state index < -0.39 is 0 Å². The molecule has 0 bridgehead atoms. The molecule has 0 atom stereocenters. The van der Waals surface area contributed by atoms with E-state index in [1.54, 1.807) is 24.3 Å². The highest BCUT2D eigenvalue weighted by atomic mass is 32.1. The minimum Gasteiger partial charge on any atom is -0.508 e. The highest BCUT2D eigenvalue weighted by molar-refractivity contribution is 7.08. The number of hydrogen-bond acceptors (Lipinski definition) is 4. The first-order valence-corrected chi connectivity index (χ1v) is 8.85. The number of aromatic hydroxyl groups is 2. The molecule has 0 spiro atoms. The van der Waals surface area contributed by atoms with E-state index in [9.17, 15) is 15.5 Å². The molecule has 1 heterocycles. The van der Waals surface area contributed by atoms with E-state index in [0.717, 1.165) is 39.8 Å². The number of aryl methyl sites for hydroxylation is 1. The molecule has 0 aliphatic heterocycles. The Labute approximate surface area is 149 Å². The standard InChI is InChI=1S/C21H15NO2S/c1-12-6-16(24)7-19-17(12)8-18(13-2-4-15(23)5-3-13)21(19)20-11-25-10-14(20)9-22/h2-7,10-11,23-24H,8H2,1H3. The summed E-state index contributed by atoms with van der Waals surface area (Å²) < 4.78 is 0. The second-order valence-electron chi connectivity index (χ2n) is 6.18. The molecular weight excluding hydrogens is 330 g/mol. The molecule has 25 heavy (non-hydrogen) atoms. The molecule has 1 aliphatic rings. The zero-order chi connectivity index (χ0) is 17.6. The summed E-state index contributed by atoms with van der Waals surface area (Å²) in [7, 11) is 0. The van der Waals surface area contributed by atoms with E-state index in [1.807, 2.05) is 29.8 Å². The number of allylic oxidation sites excluding steroid dienone is 1. The smallest absolute Gasteiger partial charge is 0.116 e. The zero-order valence-electron chi connectivity index (χ0n) is 13.6. The van der Waals surface area contributed by atoms with Gasteiger partial charge in [-0.2, -0.15) is 16.6 Å². The van der Waals surface area contributed by atoms with Gasteiger partial charge in [-0.25, -0.2) is 0 Å². The number of nitriles is 1. The predicted octanol–water partition coefficient (Wildman–Crippen LogP) is 4.85. The number of phenols is 2. The van der Waals surface area contributed by atoms with Gasteiger partial charge in [0, 0.05) is 10.9 Å². The Morgan fingerprint density at radius 3 is 2.48 bits per heavy atom.